The normalized spacial score (nSPS) is 0. The Hall–Kier alpha value is 4.61. The molecule has 0 rings (SSSR count). The van der Waals surface area contributed by atoms with Gasteiger partial charge in [-0.1, -0.05) is 0 Å². The van der Waals surface area contributed by atoms with Gasteiger partial charge in [0.25, 0.3) is 0 Å². The fourth-order valence-corrected chi connectivity index (χ4v) is 0. The van der Waals surface area contributed by atoms with Crippen molar-refractivity contribution < 1.29 is 140 Å². The number of rotatable bonds is 0. The molecule has 0 aliphatic carbocycles. The van der Waals surface area contributed by atoms with Gasteiger partial charge in [-0.2, -0.15) is 0 Å². The summed E-state index contributed by atoms with van der Waals surface area (Å²) in [4.78, 5) is 0. The summed E-state index contributed by atoms with van der Waals surface area (Å²) in [5, 5.41) is 0. The zero-order chi connectivity index (χ0) is 0. The van der Waals surface area contributed by atoms with Crippen LogP contribution in [-0.2, 0) is 101 Å². The summed E-state index contributed by atoms with van der Waals surface area (Å²) in [6.45, 7) is 0. The zero-order valence-electron chi connectivity index (χ0n) is 2.85. The van der Waals surface area contributed by atoms with Crippen LogP contribution in [0.4, 0.5) is 0 Å². The minimum Gasteiger partial charge on any atom is 0 e. The monoisotopic (exact) mass is 843 g/mol. The summed E-state index contributed by atoms with van der Waals surface area (Å²) in [7, 11) is 0. The third kappa shape index (κ3) is 37.0. The van der Waals surface area contributed by atoms with Crippen LogP contribution < -0.4 is 0 Å². The summed E-state index contributed by atoms with van der Waals surface area (Å²) in [5.74, 6) is 0. The predicted molar refractivity (Wildman–Crippen MR) is 5.75 cm³/mol. The molecule has 0 fully saturated rings. The summed E-state index contributed by atoms with van der Waals surface area (Å²) < 4.78 is 0. The average molecular weight is 840 g/mol. The largest absolute Gasteiger partial charge is 0 e. The minimum absolute atomic E-state index is 0. The van der Waals surface area contributed by atoms with Gasteiger partial charge in [-0.05, 0) is 0 Å². The van der Waals surface area contributed by atoms with Gasteiger partial charge in [0, 0.05) is 148 Å². The van der Waals surface area contributed by atoms with Crippen molar-refractivity contribution in [1.82, 2.24) is 0 Å². The van der Waals surface area contributed by atoms with Crippen molar-refractivity contribution >= 4 is 8.41 Å². The Morgan fingerprint density at radius 2 is 1.00 bits per heavy atom. The van der Waals surface area contributed by atoms with Crippen molar-refractivity contribution in [3.05, 3.63) is 0 Å². The van der Waals surface area contributed by atoms with Gasteiger partial charge < -0.3 is 0 Å². The Morgan fingerprint density at radius 1 is 1.00 bits per heavy atom. The van der Waals surface area contributed by atoms with E-state index in [-0.39, 0.29) is 148 Å². The first kappa shape index (κ1) is 61.5. The van der Waals surface area contributed by atoms with Gasteiger partial charge in [0.1, 0.15) is 0 Å². The first-order chi connectivity index (χ1) is 0. The van der Waals surface area contributed by atoms with Crippen molar-refractivity contribution in [3.63, 3.8) is 0 Å². The van der Waals surface area contributed by atoms with E-state index in [1.54, 1.807) is 0 Å². The fraction of sp³-hybridized carbons (Fsp3) is 0. The second-order valence-electron chi connectivity index (χ2n) is 0. The van der Waals surface area contributed by atoms with Gasteiger partial charge in [-0.15, -0.1) is 0 Å². The van der Waals surface area contributed by atoms with Crippen LogP contribution in [0.2, 0.25) is 0 Å². The van der Waals surface area contributed by atoms with Crippen molar-refractivity contribution in [3.8, 4) is 0 Å². The molecule has 6 radical (unpaired) electrons. The molecule has 0 atom stereocenters. The quantitative estimate of drug-likeness (QED) is 0.292. The van der Waals surface area contributed by atoms with Crippen molar-refractivity contribution in [2.45, 2.75) is 0 Å². The van der Waals surface area contributed by atoms with Crippen LogP contribution in [0.25, 0.3) is 0 Å². The maximum Gasteiger partial charge on any atom is 0 e. The molecule has 48 valence electrons. The van der Waals surface area contributed by atoms with Crippen LogP contribution in [0.3, 0.4) is 0 Å². The molecule has 0 nitrogen and oxygen atoms in total. The molecule has 0 aromatic carbocycles. The van der Waals surface area contributed by atoms with Crippen molar-refractivity contribution in [2.24, 2.45) is 0 Å². The van der Waals surface area contributed by atoms with Crippen LogP contribution in [0, 0.1) is 38.6 Å². The molecular weight excluding hydrogens is 840 g/mol. The van der Waals surface area contributed by atoms with E-state index >= 15 is 0 Å². The van der Waals surface area contributed by atoms with Gasteiger partial charge >= 0.3 is 0 Å². The molecule has 0 unspecified atom stereocenters. The molecule has 0 bridgehead atoms. The first-order valence-electron chi connectivity index (χ1n) is 0. The molecule has 0 aromatic rings. The number of hydrogen-bond donors (Lipinski definition) is 0. The molecule has 0 N–H and O–H groups in total. The Kier molecular flexibility index (Phi) is 405. The van der Waals surface area contributed by atoms with Crippen molar-refractivity contribution in [2.75, 3.05) is 0 Å². The molecule has 0 aliphatic rings. The summed E-state index contributed by atoms with van der Waals surface area (Å²) in [6.07, 6.45) is 0. The molecule has 0 spiro atoms. The molecule has 0 aliphatic heterocycles. The Labute approximate surface area is 145 Å². The molecule has 0 heterocycles. The van der Waals surface area contributed by atoms with E-state index in [0.717, 1.165) is 0 Å². The summed E-state index contributed by atoms with van der Waals surface area (Å²) in [6, 6.07) is 0. The topological polar surface area (TPSA) is 0 Å². The molecule has 7 heteroatoms. The first-order valence-corrected chi connectivity index (χ1v) is 0. The van der Waals surface area contributed by atoms with E-state index < -0.39 is 0 Å². The number of hydrogen-bond acceptors (Lipinski definition) is 0. The third-order valence-corrected chi connectivity index (χ3v) is 0. The Bertz CT molecular complexity index is 19.7. The molecule has 0 amide bonds. The second-order valence-corrected chi connectivity index (χ2v) is 0. The van der Waals surface area contributed by atoms with Crippen molar-refractivity contribution in [1.29, 1.82) is 0 Å². The van der Waals surface area contributed by atoms with E-state index in [1.165, 1.54) is 0 Å². The molecule has 0 saturated carbocycles. The molecular formula is BCoCrHfPtReTb. The molecule has 0 aromatic heterocycles. The van der Waals surface area contributed by atoms with Gasteiger partial charge in [0.15, 0.2) is 0 Å². The fourth-order valence-electron chi connectivity index (χ4n) is 0. The van der Waals surface area contributed by atoms with Gasteiger partial charge in [0.2, 0.25) is 0 Å². The third-order valence-electron chi connectivity index (χ3n) is 0. The van der Waals surface area contributed by atoms with E-state index in [9.17, 15) is 0 Å². The van der Waals surface area contributed by atoms with E-state index in [0.29, 0.717) is 0 Å². The Balaban J connectivity index is 0. The molecule has 7 heavy (non-hydrogen) atoms. The summed E-state index contributed by atoms with van der Waals surface area (Å²) >= 11 is 0. The second kappa shape index (κ2) is 46.1. The smallest absolute Gasteiger partial charge is 0 e. The van der Waals surface area contributed by atoms with Crippen LogP contribution in [0.5, 0.6) is 0 Å². The van der Waals surface area contributed by atoms with Gasteiger partial charge in [-0.3, -0.25) is 0 Å². The summed E-state index contributed by atoms with van der Waals surface area (Å²) in [5.41, 5.74) is 0. The van der Waals surface area contributed by atoms with E-state index in [1.807, 2.05) is 0 Å². The maximum atomic E-state index is 0. The van der Waals surface area contributed by atoms with Crippen LogP contribution in [-0.4, -0.2) is 8.41 Å². The zero-order valence-corrected chi connectivity index (χ0v) is 15.9. The average Bonchev–Trinajstić information content (AvgIpc) is 0. The standard InChI is InChI=1S/B.Co.Cr.Hf.Pt.Re.Tb. The predicted octanol–water partition coefficient (Wildman–Crippen LogP) is -0.393. The minimum atomic E-state index is 0. The van der Waals surface area contributed by atoms with Crippen LogP contribution in [0.1, 0.15) is 0 Å². The maximum absolute atomic E-state index is 0. The van der Waals surface area contributed by atoms with Crippen LogP contribution in [0.15, 0.2) is 0 Å². The van der Waals surface area contributed by atoms with Gasteiger partial charge in [-0.25, -0.2) is 0 Å². The molecule has 0 saturated heterocycles. The van der Waals surface area contributed by atoms with Gasteiger partial charge in [0.05, 0.1) is 0 Å². The Morgan fingerprint density at radius 3 is 1.00 bits per heavy atom. The van der Waals surface area contributed by atoms with E-state index in [4.69, 9.17) is 0 Å². The van der Waals surface area contributed by atoms with Crippen LogP contribution >= 0.6 is 0 Å². The SMILES string of the molecule is [B].[Co].[Cr].[Hf].[Pt].[Re].[Tb]. The van der Waals surface area contributed by atoms with E-state index in [2.05, 4.69) is 0 Å².